The Morgan fingerprint density at radius 1 is 1.27 bits per heavy atom. The molecule has 1 heterocycles. The molecule has 11 heavy (non-hydrogen) atoms. The van der Waals surface area contributed by atoms with Gasteiger partial charge >= 0.3 is 10.4 Å². The van der Waals surface area contributed by atoms with Gasteiger partial charge in [-0.05, 0) is 0 Å². The van der Waals surface area contributed by atoms with E-state index >= 15 is 0 Å². The monoisotopic (exact) mass is 188 g/mol. The van der Waals surface area contributed by atoms with Crippen LogP contribution in [0.25, 0.3) is 0 Å². The van der Waals surface area contributed by atoms with Crippen LogP contribution in [0.5, 0.6) is 0 Å². The minimum atomic E-state index is -3.55. The van der Waals surface area contributed by atoms with Gasteiger partial charge in [0.15, 0.2) is 6.29 Å². The van der Waals surface area contributed by atoms with Gasteiger partial charge in [-0.25, -0.2) is 8.37 Å². The Hall–Kier alpha value is -0.210. The molecular weight excluding hydrogens is 176 g/mol. The first kappa shape index (κ1) is 13.4. The summed E-state index contributed by atoms with van der Waals surface area (Å²) in [5.41, 5.74) is 0. The lowest BCUT2D eigenvalue weighted by Crippen LogP contribution is -2.35. The van der Waals surface area contributed by atoms with E-state index in [1.807, 2.05) is 6.92 Å². The maximum absolute atomic E-state index is 10.1. The first-order chi connectivity index (χ1) is 4.14. The van der Waals surface area contributed by atoms with Gasteiger partial charge in [-0.1, -0.05) is 13.3 Å². The summed E-state index contributed by atoms with van der Waals surface area (Å²) in [6, 6.07) is 0. The van der Waals surface area contributed by atoms with E-state index in [2.05, 4.69) is 8.37 Å². The van der Waals surface area contributed by atoms with E-state index in [-0.39, 0.29) is 11.0 Å². The Morgan fingerprint density at radius 2 is 1.73 bits per heavy atom. The Balaban J connectivity index is 0. The number of hydrogen-bond donors (Lipinski definition) is 0. The molecule has 0 aromatic rings. The third-order valence-electron chi connectivity index (χ3n) is 0.975. The van der Waals surface area contributed by atoms with Gasteiger partial charge in [-0.15, -0.1) is 0 Å². The van der Waals surface area contributed by atoms with E-state index in [4.69, 9.17) is 0 Å². The normalized spacial score (nSPS) is 20.8. The summed E-state index contributed by atoms with van der Waals surface area (Å²) in [6.07, 6.45) is 0.986. The van der Waals surface area contributed by atoms with Crippen molar-refractivity contribution in [3.8, 4) is 0 Å². The molecule has 7 heteroatoms. The average Bonchev–Trinajstić information content (AvgIpc) is 1.62. The van der Waals surface area contributed by atoms with Gasteiger partial charge in [0.05, 0.1) is 0 Å². The summed E-state index contributed by atoms with van der Waals surface area (Å²) < 4.78 is 28.9. The molecule has 4 N–H and O–H groups in total. The van der Waals surface area contributed by atoms with Crippen molar-refractivity contribution in [3.63, 3.8) is 0 Å². The van der Waals surface area contributed by atoms with Crippen molar-refractivity contribution in [2.45, 2.75) is 26.1 Å². The fourth-order valence-corrected chi connectivity index (χ4v) is 1.33. The highest BCUT2D eigenvalue weighted by Crippen LogP contribution is 2.21. The standard InChI is InChI=1S/C4H8O4S.2H2O/c1-2-3-4-7-9(5,6)8-4;;/h4H,2-3H2,1H3;2*1H2. The Labute approximate surface area is 65.1 Å². The minimum absolute atomic E-state index is 0. The van der Waals surface area contributed by atoms with Gasteiger partial charge < -0.3 is 11.0 Å². The third-order valence-corrected chi connectivity index (χ3v) is 1.88. The van der Waals surface area contributed by atoms with Gasteiger partial charge in [0, 0.05) is 6.42 Å². The van der Waals surface area contributed by atoms with Gasteiger partial charge in [-0.2, -0.15) is 8.42 Å². The molecule has 0 unspecified atom stereocenters. The molecule has 0 bridgehead atoms. The van der Waals surface area contributed by atoms with Crippen molar-refractivity contribution < 1.29 is 27.7 Å². The Morgan fingerprint density at radius 3 is 2.00 bits per heavy atom. The van der Waals surface area contributed by atoms with Crippen LogP contribution >= 0.6 is 0 Å². The molecule has 6 nitrogen and oxygen atoms in total. The summed E-state index contributed by atoms with van der Waals surface area (Å²) in [6.45, 7) is 1.93. The molecule has 0 atom stereocenters. The highest BCUT2D eigenvalue weighted by molar-refractivity contribution is 7.82. The minimum Gasteiger partial charge on any atom is -0.412 e. The summed E-state index contributed by atoms with van der Waals surface area (Å²) in [5, 5.41) is 0. The molecule has 0 aliphatic carbocycles. The van der Waals surface area contributed by atoms with E-state index in [9.17, 15) is 8.42 Å². The summed E-state index contributed by atoms with van der Waals surface area (Å²) in [4.78, 5) is 0. The molecule has 0 aromatic heterocycles. The first-order valence-electron chi connectivity index (χ1n) is 2.75. The third kappa shape index (κ3) is 3.63. The predicted molar refractivity (Wildman–Crippen MR) is 37.0 cm³/mol. The zero-order chi connectivity index (χ0) is 6.91. The largest absolute Gasteiger partial charge is 0.412 e. The van der Waals surface area contributed by atoms with E-state index in [0.717, 1.165) is 6.42 Å². The Bertz CT molecular complexity index is 173. The molecule has 0 spiro atoms. The number of hydrogen-bond acceptors (Lipinski definition) is 4. The lowest BCUT2D eigenvalue weighted by Gasteiger charge is -2.23. The van der Waals surface area contributed by atoms with Crippen LogP contribution in [0, 0.1) is 0 Å². The van der Waals surface area contributed by atoms with E-state index in [0.29, 0.717) is 6.42 Å². The van der Waals surface area contributed by atoms with E-state index < -0.39 is 16.7 Å². The molecule has 0 aromatic carbocycles. The van der Waals surface area contributed by atoms with Gasteiger partial charge in [0.25, 0.3) is 0 Å². The van der Waals surface area contributed by atoms with Crippen molar-refractivity contribution >= 4 is 10.4 Å². The molecule has 1 aliphatic rings. The van der Waals surface area contributed by atoms with Crippen LogP contribution < -0.4 is 0 Å². The quantitative estimate of drug-likeness (QED) is 0.538. The fraction of sp³-hybridized carbons (Fsp3) is 1.00. The van der Waals surface area contributed by atoms with Crippen LogP contribution in [0.4, 0.5) is 0 Å². The van der Waals surface area contributed by atoms with Crippen LogP contribution in [0.3, 0.4) is 0 Å². The molecule has 0 saturated carbocycles. The lowest BCUT2D eigenvalue weighted by atomic mass is 10.3. The van der Waals surface area contributed by atoms with Crippen LogP contribution in [0.2, 0.25) is 0 Å². The molecule has 1 aliphatic heterocycles. The molecule has 1 rings (SSSR count). The van der Waals surface area contributed by atoms with E-state index in [1.165, 1.54) is 0 Å². The second-order valence-electron chi connectivity index (χ2n) is 1.82. The molecule has 1 fully saturated rings. The van der Waals surface area contributed by atoms with Crippen molar-refractivity contribution in [2.75, 3.05) is 0 Å². The fourth-order valence-electron chi connectivity index (χ4n) is 0.602. The second-order valence-corrected chi connectivity index (χ2v) is 3.02. The molecule has 0 radical (unpaired) electrons. The zero-order valence-electron chi connectivity index (χ0n) is 6.03. The number of rotatable bonds is 2. The van der Waals surface area contributed by atoms with Crippen molar-refractivity contribution in [1.29, 1.82) is 0 Å². The van der Waals surface area contributed by atoms with Gasteiger partial charge in [-0.3, -0.25) is 0 Å². The van der Waals surface area contributed by atoms with Gasteiger partial charge in [0.1, 0.15) is 0 Å². The van der Waals surface area contributed by atoms with Crippen molar-refractivity contribution in [1.82, 2.24) is 0 Å². The summed E-state index contributed by atoms with van der Waals surface area (Å²) >= 11 is 0. The van der Waals surface area contributed by atoms with Crippen LogP contribution in [0.1, 0.15) is 19.8 Å². The second kappa shape index (κ2) is 4.62. The zero-order valence-corrected chi connectivity index (χ0v) is 6.85. The Kier molecular flexibility index (Phi) is 5.63. The smallest absolute Gasteiger partial charge is 0.404 e. The van der Waals surface area contributed by atoms with E-state index in [1.54, 1.807) is 0 Å². The summed E-state index contributed by atoms with van der Waals surface area (Å²) in [5.74, 6) is 0. The topological polar surface area (TPSA) is 116 Å². The maximum atomic E-state index is 10.1. The molecular formula is C4H12O6S. The SMILES string of the molecule is CCCC1OS(=O)(=O)O1.O.O. The van der Waals surface area contributed by atoms with Crippen LogP contribution in [-0.4, -0.2) is 25.7 Å². The van der Waals surface area contributed by atoms with Crippen molar-refractivity contribution in [2.24, 2.45) is 0 Å². The molecule has 70 valence electrons. The summed E-state index contributed by atoms with van der Waals surface area (Å²) in [7, 11) is -3.55. The average molecular weight is 188 g/mol. The van der Waals surface area contributed by atoms with Gasteiger partial charge in [0.2, 0.25) is 0 Å². The highest BCUT2D eigenvalue weighted by atomic mass is 32.3. The highest BCUT2D eigenvalue weighted by Gasteiger charge is 2.34. The van der Waals surface area contributed by atoms with Crippen LogP contribution in [0.15, 0.2) is 0 Å². The molecule has 0 amide bonds. The molecule has 1 saturated heterocycles. The van der Waals surface area contributed by atoms with Crippen molar-refractivity contribution in [3.05, 3.63) is 0 Å². The maximum Gasteiger partial charge on any atom is 0.404 e. The lowest BCUT2D eigenvalue weighted by molar-refractivity contribution is -0.0833. The van der Waals surface area contributed by atoms with Crippen LogP contribution in [-0.2, 0) is 18.8 Å². The predicted octanol–water partition coefficient (Wildman–Crippen LogP) is -1.25. The first-order valence-corrected chi connectivity index (χ1v) is 4.09.